The first-order valence-electron chi connectivity index (χ1n) is 5.74. The number of nitrogens with two attached hydrogens (primary N) is 1. The lowest BCUT2D eigenvalue weighted by molar-refractivity contribution is 0.173. The molecule has 1 aromatic heterocycles. The van der Waals surface area contributed by atoms with Crippen molar-refractivity contribution in [1.82, 2.24) is 0 Å². The smallest absolute Gasteiger partial charge is 0.231 e. The van der Waals surface area contributed by atoms with E-state index in [4.69, 9.17) is 19.9 Å². The van der Waals surface area contributed by atoms with Gasteiger partial charge in [0.2, 0.25) is 6.79 Å². The summed E-state index contributed by atoms with van der Waals surface area (Å²) in [5.41, 5.74) is 6.65. The largest absolute Gasteiger partial charge is 0.488 e. The summed E-state index contributed by atoms with van der Waals surface area (Å²) >= 11 is 5.07. The molecule has 19 heavy (non-hydrogen) atoms. The monoisotopic (exact) mass is 341 g/mol. The van der Waals surface area contributed by atoms with Crippen molar-refractivity contribution >= 4 is 27.3 Å². The first kappa shape index (κ1) is 12.8. The molecule has 0 amide bonds. The van der Waals surface area contributed by atoms with Crippen molar-refractivity contribution in [3.63, 3.8) is 0 Å². The SMILES string of the molecule is NCc1cc2c(cc1OCc1cc(Br)cs1)OCO2. The van der Waals surface area contributed by atoms with Crippen LogP contribution in [0.25, 0.3) is 0 Å². The van der Waals surface area contributed by atoms with Gasteiger partial charge in [-0.25, -0.2) is 0 Å². The number of benzene rings is 1. The molecule has 1 aromatic carbocycles. The third-order valence-corrected chi connectivity index (χ3v) is 4.44. The fourth-order valence-corrected chi connectivity index (χ4v) is 3.20. The fraction of sp³-hybridized carbons (Fsp3) is 0.231. The molecule has 3 rings (SSSR count). The van der Waals surface area contributed by atoms with Gasteiger partial charge in [-0.15, -0.1) is 11.3 Å². The average Bonchev–Trinajstić information content (AvgIpc) is 3.03. The molecule has 100 valence electrons. The van der Waals surface area contributed by atoms with Gasteiger partial charge in [-0.2, -0.15) is 0 Å². The summed E-state index contributed by atoms with van der Waals surface area (Å²) < 4.78 is 17.6. The molecule has 6 heteroatoms. The van der Waals surface area contributed by atoms with Crippen LogP contribution in [0.1, 0.15) is 10.4 Å². The number of ether oxygens (including phenoxy) is 3. The third kappa shape index (κ3) is 2.70. The Labute approximate surface area is 123 Å². The minimum atomic E-state index is 0.251. The third-order valence-electron chi connectivity index (χ3n) is 2.77. The van der Waals surface area contributed by atoms with Gasteiger partial charge in [0.25, 0.3) is 0 Å². The molecule has 2 aromatic rings. The lowest BCUT2D eigenvalue weighted by Crippen LogP contribution is -2.02. The lowest BCUT2D eigenvalue weighted by Gasteiger charge is -2.10. The molecule has 4 nitrogen and oxygen atoms in total. The maximum absolute atomic E-state index is 5.83. The van der Waals surface area contributed by atoms with Gasteiger partial charge in [0.05, 0.1) is 0 Å². The first-order valence-corrected chi connectivity index (χ1v) is 7.42. The normalized spacial score (nSPS) is 12.7. The predicted octanol–water partition coefficient (Wildman–Crippen LogP) is 3.28. The van der Waals surface area contributed by atoms with E-state index in [-0.39, 0.29) is 6.79 Å². The lowest BCUT2D eigenvalue weighted by atomic mass is 10.2. The topological polar surface area (TPSA) is 53.7 Å². The van der Waals surface area contributed by atoms with Crippen molar-refractivity contribution in [1.29, 1.82) is 0 Å². The van der Waals surface area contributed by atoms with E-state index < -0.39 is 0 Å². The molecular weight excluding hydrogens is 330 g/mol. The van der Waals surface area contributed by atoms with Crippen molar-refractivity contribution < 1.29 is 14.2 Å². The van der Waals surface area contributed by atoms with Crippen LogP contribution < -0.4 is 19.9 Å². The van der Waals surface area contributed by atoms with Crippen molar-refractivity contribution in [2.75, 3.05) is 6.79 Å². The van der Waals surface area contributed by atoms with E-state index in [0.29, 0.717) is 18.9 Å². The summed E-state index contributed by atoms with van der Waals surface area (Å²) in [6.07, 6.45) is 0. The minimum Gasteiger partial charge on any atom is -0.488 e. The Morgan fingerprint density at radius 1 is 1.26 bits per heavy atom. The van der Waals surface area contributed by atoms with Gasteiger partial charge in [0.15, 0.2) is 11.5 Å². The van der Waals surface area contributed by atoms with Gasteiger partial charge in [-0.3, -0.25) is 0 Å². The van der Waals surface area contributed by atoms with Crippen LogP contribution in [0.3, 0.4) is 0 Å². The van der Waals surface area contributed by atoms with Gasteiger partial charge in [-0.05, 0) is 28.1 Å². The van der Waals surface area contributed by atoms with E-state index in [9.17, 15) is 0 Å². The van der Waals surface area contributed by atoms with Crippen molar-refractivity contribution in [2.24, 2.45) is 5.73 Å². The van der Waals surface area contributed by atoms with Crippen molar-refractivity contribution in [2.45, 2.75) is 13.2 Å². The highest BCUT2D eigenvalue weighted by molar-refractivity contribution is 9.10. The molecule has 0 atom stereocenters. The molecule has 1 aliphatic heterocycles. The molecule has 0 fully saturated rings. The van der Waals surface area contributed by atoms with E-state index in [1.54, 1.807) is 11.3 Å². The Balaban J connectivity index is 1.80. The Morgan fingerprint density at radius 3 is 2.74 bits per heavy atom. The second-order valence-electron chi connectivity index (χ2n) is 4.04. The number of halogens is 1. The maximum Gasteiger partial charge on any atom is 0.231 e. The number of hydrogen-bond acceptors (Lipinski definition) is 5. The van der Waals surface area contributed by atoms with Crippen LogP contribution in [-0.2, 0) is 13.2 Å². The van der Waals surface area contributed by atoms with E-state index >= 15 is 0 Å². The molecule has 0 radical (unpaired) electrons. The van der Waals surface area contributed by atoms with Gasteiger partial charge in [0, 0.05) is 32.9 Å². The highest BCUT2D eigenvalue weighted by Gasteiger charge is 2.17. The molecule has 2 N–H and O–H groups in total. The van der Waals surface area contributed by atoms with Crippen LogP contribution in [0.5, 0.6) is 17.2 Å². The Kier molecular flexibility index (Phi) is 3.63. The van der Waals surface area contributed by atoms with Gasteiger partial charge in [0.1, 0.15) is 12.4 Å². The van der Waals surface area contributed by atoms with Crippen molar-refractivity contribution in [3.8, 4) is 17.2 Å². The predicted molar refractivity (Wildman–Crippen MR) is 76.8 cm³/mol. The van der Waals surface area contributed by atoms with Crippen LogP contribution in [0, 0.1) is 0 Å². The van der Waals surface area contributed by atoms with Gasteiger partial charge in [-0.1, -0.05) is 0 Å². The zero-order chi connectivity index (χ0) is 13.2. The maximum atomic E-state index is 5.83. The molecular formula is C13H12BrNO3S. The van der Waals surface area contributed by atoms with E-state index in [2.05, 4.69) is 15.9 Å². The van der Waals surface area contributed by atoms with Crippen LogP contribution in [-0.4, -0.2) is 6.79 Å². The summed E-state index contributed by atoms with van der Waals surface area (Å²) in [4.78, 5) is 1.15. The average molecular weight is 342 g/mol. The first-order chi connectivity index (χ1) is 9.26. The quantitative estimate of drug-likeness (QED) is 0.927. The number of hydrogen-bond donors (Lipinski definition) is 1. The van der Waals surface area contributed by atoms with Gasteiger partial charge >= 0.3 is 0 Å². The fourth-order valence-electron chi connectivity index (χ4n) is 1.84. The number of fused-ring (bicyclic) bond motifs is 1. The summed E-state index contributed by atoms with van der Waals surface area (Å²) in [5.74, 6) is 2.18. The summed E-state index contributed by atoms with van der Waals surface area (Å²) in [6.45, 7) is 1.17. The molecule has 0 unspecified atom stereocenters. The Hall–Kier alpha value is -1.24. The molecule has 0 aliphatic carbocycles. The molecule has 1 aliphatic rings. The highest BCUT2D eigenvalue weighted by atomic mass is 79.9. The van der Waals surface area contributed by atoms with Crippen LogP contribution in [0.2, 0.25) is 0 Å². The van der Waals surface area contributed by atoms with Crippen LogP contribution >= 0.6 is 27.3 Å². The molecule has 0 saturated heterocycles. The van der Waals surface area contributed by atoms with Crippen molar-refractivity contribution in [3.05, 3.63) is 38.5 Å². The summed E-state index contributed by atoms with van der Waals surface area (Å²) in [7, 11) is 0. The minimum absolute atomic E-state index is 0.251. The number of thiophene rings is 1. The van der Waals surface area contributed by atoms with E-state index in [1.807, 2.05) is 23.6 Å². The molecule has 0 bridgehead atoms. The Bertz CT molecular complexity index is 600. The summed E-state index contributed by atoms with van der Waals surface area (Å²) in [6, 6.07) is 5.76. The zero-order valence-corrected chi connectivity index (χ0v) is 12.4. The highest BCUT2D eigenvalue weighted by Crippen LogP contribution is 2.38. The molecule has 2 heterocycles. The second-order valence-corrected chi connectivity index (χ2v) is 5.95. The van der Waals surface area contributed by atoms with E-state index in [1.165, 1.54) is 0 Å². The number of rotatable bonds is 4. The van der Waals surface area contributed by atoms with Crippen LogP contribution in [0.15, 0.2) is 28.1 Å². The Morgan fingerprint density at radius 2 is 2.05 bits per heavy atom. The molecule has 0 spiro atoms. The van der Waals surface area contributed by atoms with E-state index in [0.717, 1.165) is 26.4 Å². The van der Waals surface area contributed by atoms with Gasteiger partial charge < -0.3 is 19.9 Å². The standard InChI is InChI=1S/C13H12BrNO3S/c14-9-2-10(19-6-9)5-16-11-3-13-12(17-7-18-13)1-8(11)4-15/h1-3,6H,4-5,7,15H2. The molecule has 0 saturated carbocycles. The zero-order valence-electron chi connectivity index (χ0n) is 10.0. The second kappa shape index (κ2) is 5.40. The van der Waals surface area contributed by atoms with Crippen LogP contribution in [0.4, 0.5) is 0 Å². The summed E-state index contributed by atoms with van der Waals surface area (Å²) in [5, 5.41) is 2.03.